The minimum atomic E-state index is 0.0403. The molecule has 0 fully saturated rings. The summed E-state index contributed by atoms with van der Waals surface area (Å²) in [4.78, 5) is 16.3. The fraction of sp³-hybridized carbons (Fsp3) is 0.261. The Bertz CT molecular complexity index is 975. The summed E-state index contributed by atoms with van der Waals surface area (Å²) in [5.74, 6) is 0.0403. The van der Waals surface area contributed by atoms with Crippen LogP contribution in [-0.4, -0.2) is 16.6 Å². The summed E-state index contributed by atoms with van der Waals surface area (Å²) in [7, 11) is 0. The lowest BCUT2D eigenvalue weighted by molar-refractivity contribution is -0.116. The number of aryl methyl sites for hydroxylation is 1. The zero-order chi connectivity index (χ0) is 20.6. The van der Waals surface area contributed by atoms with Gasteiger partial charge in [-0.2, -0.15) is 5.10 Å². The molecule has 2 N–H and O–H groups in total. The van der Waals surface area contributed by atoms with Gasteiger partial charge in [0.15, 0.2) is 0 Å². The highest BCUT2D eigenvalue weighted by molar-refractivity contribution is 7.14. The Labute approximate surface area is 175 Å². The van der Waals surface area contributed by atoms with Crippen molar-refractivity contribution < 1.29 is 4.79 Å². The van der Waals surface area contributed by atoms with E-state index in [2.05, 4.69) is 58.9 Å². The first-order valence-corrected chi connectivity index (χ1v) is 10.7. The zero-order valence-electron chi connectivity index (χ0n) is 17.0. The van der Waals surface area contributed by atoms with Crippen molar-refractivity contribution in [2.24, 2.45) is 5.10 Å². The molecule has 0 unspecified atom stereocenters. The van der Waals surface area contributed by atoms with Crippen LogP contribution in [-0.2, 0) is 4.79 Å². The number of thiazole rings is 1. The minimum Gasteiger partial charge on any atom is -0.326 e. The fourth-order valence-corrected chi connectivity index (χ4v) is 3.50. The van der Waals surface area contributed by atoms with Gasteiger partial charge in [-0.15, -0.1) is 11.3 Å². The molecule has 2 aromatic carbocycles. The number of rotatable bonds is 8. The van der Waals surface area contributed by atoms with E-state index >= 15 is 0 Å². The van der Waals surface area contributed by atoms with Crippen LogP contribution in [0.5, 0.6) is 0 Å². The summed E-state index contributed by atoms with van der Waals surface area (Å²) < 4.78 is 0. The molecule has 0 atom stereocenters. The monoisotopic (exact) mass is 406 g/mol. The highest BCUT2D eigenvalue weighted by Crippen LogP contribution is 2.26. The van der Waals surface area contributed by atoms with E-state index in [0.29, 0.717) is 6.42 Å². The molecular weight excluding hydrogens is 380 g/mol. The molecule has 0 aliphatic heterocycles. The van der Waals surface area contributed by atoms with E-state index in [4.69, 9.17) is 0 Å². The minimum absolute atomic E-state index is 0.0403. The molecule has 0 saturated heterocycles. The highest BCUT2D eigenvalue weighted by Gasteiger charge is 2.07. The first-order valence-electron chi connectivity index (χ1n) is 9.84. The lowest BCUT2D eigenvalue weighted by atomic mass is 10.1. The second-order valence-corrected chi connectivity index (χ2v) is 7.66. The third-order valence-electron chi connectivity index (χ3n) is 4.45. The first-order chi connectivity index (χ1) is 14.1. The summed E-state index contributed by atoms with van der Waals surface area (Å²) in [5.41, 5.74) is 9.12. The third-order valence-corrected chi connectivity index (χ3v) is 5.20. The van der Waals surface area contributed by atoms with E-state index in [0.717, 1.165) is 46.2 Å². The van der Waals surface area contributed by atoms with Crippen LogP contribution in [0.25, 0.3) is 11.3 Å². The SMILES string of the molecule is CCCC(=O)Nc1ccc(-c2csc(NN=C(CC)c3ccc(C)cc3)n2)cc1. The van der Waals surface area contributed by atoms with Crippen molar-refractivity contribution >= 4 is 33.8 Å². The molecule has 1 heterocycles. The van der Waals surface area contributed by atoms with Gasteiger partial charge in [-0.05, 0) is 37.5 Å². The van der Waals surface area contributed by atoms with Gasteiger partial charge in [0.05, 0.1) is 11.4 Å². The van der Waals surface area contributed by atoms with Crippen molar-refractivity contribution in [2.75, 3.05) is 10.7 Å². The van der Waals surface area contributed by atoms with Gasteiger partial charge in [0.25, 0.3) is 0 Å². The van der Waals surface area contributed by atoms with Crippen molar-refractivity contribution in [1.29, 1.82) is 0 Å². The smallest absolute Gasteiger partial charge is 0.224 e. The normalized spacial score (nSPS) is 11.3. The number of nitrogens with zero attached hydrogens (tertiary/aromatic N) is 2. The summed E-state index contributed by atoms with van der Waals surface area (Å²) in [6.07, 6.45) is 2.20. The predicted molar refractivity (Wildman–Crippen MR) is 123 cm³/mol. The predicted octanol–water partition coefficient (Wildman–Crippen LogP) is 6.08. The number of amides is 1. The van der Waals surface area contributed by atoms with Gasteiger partial charge in [-0.1, -0.05) is 55.8 Å². The molecule has 3 rings (SSSR count). The molecule has 0 aliphatic carbocycles. The van der Waals surface area contributed by atoms with Crippen molar-refractivity contribution in [3.63, 3.8) is 0 Å². The lowest BCUT2D eigenvalue weighted by Crippen LogP contribution is -2.10. The van der Waals surface area contributed by atoms with Crippen molar-refractivity contribution in [2.45, 2.75) is 40.0 Å². The van der Waals surface area contributed by atoms with E-state index in [1.807, 2.05) is 36.6 Å². The van der Waals surface area contributed by atoms with Crippen LogP contribution in [0.3, 0.4) is 0 Å². The molecule has 1 aromatic heterocycles. The quantitative estimate of drug-likeness (QED) is 0.352. The molecule has 0 bridgehead atoms. The number of hydrogen-bond donors (Lipinski definition) is 2. The second kappa shape index (κ2) is 9.98. The molecule has 6 heteroatoms. The van der Waals surface area contributed by atoms with Gasteiger partial charge in [0, 0.05) is 23.1 Å². The van der Waals surface area contributed by atoms with Gasteiger partial charge in [0.1, 0.15) is 0 Å². The molecular formula is C23H26N4OS. The van der Waals surface area contributed by atoms with Gasteiger partial charge in [-0.3, -0.25) is 10.2 Å². The Balaban J connectivity index is 1.67. The maximum Gasteiger partial charge on any atom is 0.224 e. The van der Waals surface area contributed by atoms with E-state index in [-0.39, 0.29) is 5.91 Å². The second-order valence-electron chi connectivity index (χ2n) is 6.80. The molecule has 0 aliphatic rings. The number of carbonyl (C=O) groups is 1. The number of aromatic nitrogens is 1. The van der Waals surface area contributed by atoms with Gasteiger partial charge >= 0.3 is 0 Å². The number of hydrogen-bond acceptors (Lipinski definition) is 5. The van der Waals surface area contributed by atoms with Crippen LogP contribution in [0, 0.1) is 6.92 Å². The van der Waals surface area contributed by atoms with Crippen LogP contribution < -0.4 is 10.7 Å². The van der Waals surface area contributed by atoms with E-state index < -0.39 is 0 Å². The Morgan fingerprint density at radius 1 is 1.07 bits per heavy atom. The average Bonchev–Trinajstić information content (AvgIpc) is 3.19. The summed E-state index contributed by atoms with van der Waals surface area (Å²) in [5, 5.41) is 10.2. The molecule has 29 heavy (non-hydrogen) atoms. The Kier molecular flexibility index (Phi) is 7.14. The molecule has 0 saturated carbocycles. The molecule has 0 radical (unpaired) electrons. The van der Waals surface area contributed by atoms with Gasteiger partial charge < -0.3 is 5.32 Å². The Hall–Kier alpha value is -2.99. The number of anilines is 2. The first kappa shape index (κ1) is 20.7. The number of benzene rings is 2. The fourth-order valence-electron chi connectivity index (χ4n) is 2.84. The number of carbonyl (C=O) groups excluding carboxylic acids is 1. The van der Waals surface area contributed by atoms with Crippen LogP contribution in [0.4, 0.5) is 10.8 Å². The summed E-state index contributed by atoms with van der Waals surface area (Å²) >= 11 is 1.52. The van der Waals surface area contributed by atoms with Crippen LogP contribution in [0.15, 0.2) is 59.0 Å². The maximum absolute atomic E-state index is 11.7. The molecule has 0 spiro atoms. The third kappa shape index (κ3) is 5.74. The molecule has 1 amide bonds. The van der Waals surface area contributed by atoms with Crippen LogP contribution in [0.2, 0.25) is 0 Å². The summed E-state index contributed by atoms with van der Waals surface area (Å²) in [6, 6.07) is 16.1. The average molecular weight is 407 g/mol. The standard InChI is InChI=1S/C23H26N4OS/c1-4-6-22(28)24-19-13-11-18(12-14-19)21-15-29-23(25-21)27-26-20(5-2)17-9-7-16(3)8-10-17/h7-15H,4-6H2,1-3H3,(H,24,28)(H,25,27). The molecule has 5 nitrogen and oxygen atoms in total. The molecule has 150 valence electrons. The van der Waals surface area contributed by atoms with E-state index in [1.165, 1.54) is 16.9 Å². The van der Waals surface area contributed by atoms with Gasteiger partial charge in [0.2, 0.25) is 11.0 Å². The Morgan fingerprint density at radius 3 is 2.45 bits per heavy atom. The summed E-state index contributed by atoms with van der Waals surface area (Å²) in [6.45, 7) is 6.16. The van der Waals surface area contributed by atoms with E-state index in [9.17, 15) is 4.79 Å². The van der Waals surface area contributed by atoms with Gasteiger partial charge in [-0.25, -0.2) is 4.98 Å². The van der Waals surface area contributed by atoms with Crippen molar-refractivity contribution in [1.82, 2.24) is 4.98 Å². The maximum atomic E-state index is 11.7. The molecule has 3 aromatic rings. The number of hydrazone groups is 1. The van der Waals surface area contributed by atoms with Crippen LogP contribution in [0.1, 0.15) is 44.2 Å². The highest BCUT2D eigenvalue weighted by atomic mass is 32.1. The van der Waals surface area contributed by atoms with Crippen molar-refractivity contribution in [3.8, 4) is 11.3 Å². The number of nitrogens with one attached hydrogen (secondary N) is 2. The van der Waals surface area contributed by atoms with Crippen molar-refractivity contribution in [3.05, 3.63) is 65.0 Å². The largest absolute Gasteiger partial charge is 0.326 e. The topological polar surface area (TPSA) is 66.4 Å². The lowest BCUT2D eigenvalue weighted by Gasteiger charge is -2.05. The zero-order valence-corrected chi connectivity index (χ0v) is 17.8. The van der Waals surface area contributed by atoms with E-state index in [1.54, 1.807) is 0 Å². The Morgan fingerprint density at radius 2 is 1.79 bits per heavy atom. The van der Waals surface area contributed by atoms with Crippen LogP contribution >= 0.6 is 11.3 Å².